The number of hydrogen-bond donors (Lipinski definition) is 1. The predicted molar refractivity (Wildman–Crippen MR) is 77.0 cm³/mol. The zero-order valence-corrected chi connectivity index (χ0v) is 11.8. The van der Waals surface area contributed by atoms with Gasteiger partial charge in [0.15, 0.2) is 0 Å². The van der Waals surface area contributed by atoms with Crippen LogP contribution in [-0.2, 0) is 0 Å². The van der Waals surface area contributed by atoms with Gasteiger partial charge in [-0.25, -0.2) is 0 Å². The van der Waals surface area contributed by atoms with Crippen LogP contribution in [0.25, 0.3) is 0 Å². The number of amides is 1. The van der Waals surface area contributed by atoms with Crippen molar-refractivity contribution in [3.05, 3.63) is 39.9 Å². The highest BCUT2D eigenvalue weighted by molar-refractivity contribution is 6.18. The van der Waals surface area contributed by atoms with Crippen molar-refractivity contribution in [1.82, 2.24) is 5.32 Å². The number of para-hydroxylation sites is 1. The minimum Gasteiger partial charge on any atom is -0.349 e. The van der Waals surface area contributed by atoms with E-state index in [-0.39, 0.29) is 29.1 Å². The van der Waals surface area contributed by atoms with Crippen molar-refractivity contribution in [2.45, 2.75) is 31.7 Å². The van der Waals surface area contributed by atoms with Crippen LogP contribution in [0.4, 0.5) is 5.69 Å². The SMILES string of the molecule is O=C(NC1CCCCC1CCl)c1ccccc1[N+](=O)[O-]. The fourth-order valence-electron chi connectivity index (χ4n) is 2.65. The Morgan fingerprint density at radius 1 is 1.35 bits per heavy atom. The number of nitrogens with one attached hydrogen (secondary N) is 1. The predicted octanol–water partition coefficient (Wildman–Crippen LogP) is 3.12. The minimum absolute atomic E-state index is 0.00793. The largest absolute Gasteiger partial charge is 0.349 e. The van der Waals surface area contributed by atoms with E-state index in [1.165, 1.54) is 12.1 Å². The van der Waals surface area contributed by atoms with Gasteiger partial charge in [0.05, 0.1) is 4.92 Å². The molecule has 1 aliphatic carbocycles. The molecule has 2 unspecified atom stereocenters. The van der Waals surface area contributed by atoms with Crippen molar-refractivity contribution in [3.8, 4) is 0 Å². The Hall–Kier alpha value is -1.62. The van der Waals surface area contributed by atoms with Crippen molar-refractivity contribution in [1.29, 1.82) is 0 Å². The first-order valence-electron chi connectivity index (χ1n) is 6.73. The van der Waals surface area contributed by atoms with Crippen LogP contribution in [0.2, 0.25) is 0 Å². The molecule has 1 saturated carbocycles. The average Bonchev–Trinajstić information content (AvgIpc) is 2.47. The molecule has 0 aliphatic heterocycles. The lowest BCUT2D eigenvalue weighted by atomic mass is 9.85. The van der Waals surface area contributed by atoms with E-state index in [4.69, 9.17) is 11.6 Å². The third kappa shape index (κ3) is 3.28. The molecule has 1 aromatic carbocycles. The topological polar surface area (TPSA) is 72.2 Å². The fourth-order valence-corrected chi connectivity index (χ4v) is 3.02. The molecule has 0 aromatic heterocycles. The Balaban J connectivity index is 2.13. The lowest BCUT2D eigenvalue weighted by Crippen LogP contribution is -2.42. The van der Waals surface area contributed by atoms with Gasteiger partial charge in [-0.1, -0.05) is 25.0 Å². The Morgan fingerprint density at radius 3 is 2.75 bits per heavy atom. The van der Waals surface area contributed by atoms with E-state index in [0.717, 1.165) is 25.7 Å². The summed E-state index contributed by atoms with van der Waals surface area (Å²) in [4.78, 5) is 22.7. The first-order valence-corrected chi connectivity index (χ1v) is 7.27. The van der Waals surface area contributed by atoms with Crippen molar-refractivity contribution in [3.63, 3.8) is 0 Å². The van der Waals surface area contributed by atoms with E-state index in [9.17, 15) is 14.9 Å². The Labute approximate surface area is 122 Å². The van der Waals surface area contributed by atoms with E-state index in [2.05, 4.69) is 5.32 Å². The van der Waals surface area contributed by atoms with E-state index >= 15 is 0 Å². The molecule has 0 radical (unpaired) electrons. The molecular formula is C14H17ClN2O3. The highest BCUT2D eigenvalue weighted by atomic mass is 35.5. The fraction of sp³-hybridized carbons (Fsp3) is 0.500. The standard InChI is InChI=1S/C14H17ClN2O3/c15-9-10-5-1-3-7-12(10)16-14(18)11-6-2-4-8-13(11)17(19)20/h2,4,6,8,10,12H,1,3,5,7,9H2,(H,16,18). The van der Waals surface area contributed by atoms with Crippen LogP contribution >= 0.6 is 11.6 Å². The molecule has 2 atom stereocenters. The van der Waals surface area contributed by atoms with Crippen LogP contribution in [0.3, 0.4) is 0 Å². The highest BCUT2D eigenvalue weighted by Gasteiger charge is 2.28. The molecule has 2 rings (SSSR count). The number of hydrogen-bond acceptors (Lipinski definition) is 3. The summed E-state index contributed by atoms with van der Waals surface area (Å²) < 4.78 is 0. The average molecular weight is 297 g/mol. The van der Waals surface area contributed by atoms with Gasteiger partial charge in [0.25, 0.3) is 11.6 Å². The summed E-state index contributed by atoms with van der Waals surface area (Å²) in [7, 11) is 0. The molecule has 6 heteroatoms. The van der Waals surface area contributed by atoms with Crippen LogP contribution in [0, 0.1) is 16.0 Å². The second-order valence-electron chi connectivity index (χ2n) is 5.05. The van der Waals surface area contributed by atoms with Crippen molar-refractivity contribution >= 4 is 23.2 Å². The summed E-state index contributed by atoms with van der Waals surface area (Å²) in [6, 6.07) is 6.01. The normalized spacial score (nSPS) is 22.2. The molecule has 0 spiro atoms. The van der Waals surface area contributed by atoms with Crippen molar-refractivity contribution < 1.29 is 9.72 Å². The van der Waals surface area contributed by atoms with Crippen LogP contribution in [-0.4, -0.2) is 22.8 Å². The van der Waals surface area contributed by atoms with Gasteiger partial charge in [0.1, 0.15) is 5.56 Å². The summed E-state index contributed by atoms with van der Waals surface area (Å²) >= 11 is 5.93. The minimum atomic E-state index is -0.533. The van der Waals surface area contributed by atoms with Gasteiger partial charge in [-0.15, -0.1) is 11.6 Å². The molecule has 5 nitrogen and oxygen atoms in total. The van der Waals surface area contributed by atoms with Crippen LogP contribution in [0.15, 0.2) is 24.3 Å². The summed E-state index contributed by atoms with van der Waals surface area (Å²) in [5.41, 5.74) is -0.0559. The van der Waals surface area contributed by atoms with E-state index in [0.29, 0.717) is 5.88 Å². The van der Waals surface area contributed by atoms with Gasteiger partial charge < -0.3 is 5.32 Å². The van der Waals surface area contributed by atoms with Crippen LogP contribution < -0.4 is 5.32 Å². The maximum absolute atomic E-state index is 12.2. The van der Waals surface area contributed by atoms with E-state index < -0.39 is 4.92 Å². The lowest BCUT2D eigenvalue weighted by molar-refractivity contribution is -0.385. The first kappa shape index (κ1) is 14.8. The third-order valence-electron chi connectivity index (χ3n) is 3.77. The Kier molecular flexibility index (Phi) is 4.95. The zero-order chi connectivity index (χ0) is 14.5. The Morgan fingerprint density at radius 2 is 2.05 bits per heavy atom. The Bertz CT molecular complexity index is 507. The third-order valence-corrected chi connectivity index (χ3v) is 4.17. The molecule has 0 saturated heterocycles. The van der Waals surface area contributed by atoms with Gasteiger partial charge in [-0.2, -0.15) is 0 Å². The number of carbonyl (C=O) groups is 1. The van der Waals surface area contributed by atoms with Crippen LogP contribution in [0.1, 0.15) is 36.0 Å². The monoisotopic (exact) mass is 296 g/mol. The smallest absolute Gasteiger partial charge is 0.282 e. The van der Waals surface area contributed by atoms with Crippen LogP contribution in [0.5, 0.6) is 0 Å². The summed E-state index contributed by atoms with van der Waals surface area (Å²) in [6.45, 7) is 0. The summed E-state index contributed by atoms with van der Waals surface area (Å²) in [6.07, 6.45) is 4.04. The van der Waals surface area contributed by atoms with E-state index in [1.54, 1.807) is 12.1 Å². The molecule has 1 fully saturated rings. The molecule has 1 aliphatic rings. The molecule has 0 bridgehead atoms. The molecule has 1 amide bonds. The van der Waals surface area contributed by atoms with Gasteiger partial charge >= 0.3 is 0 Å². The first-order chi connectivity index (χ1) is 9.63. The number of nitrogens with zero attached hydrogens (tertiary/aromatic N) is 1. The number of benzene rings is 1. The number of rotatable bonds is 4. The number of nitro benzene ring substituents is 1. The number of halogens is 1. The number of carbonyl (C=O) groups excluding carboxylic acids is 1. The molecule has 108 valence electrons. The maximum atomic E-state index is 12.2. The molecular weight excluding hydrogens is 280 g/mol. The quantitative estimate of drug-likeness (QED) is 0.527. The molecule has 1 N–H and O–H groups in total. The maximum Gasteiger partial charge on any atom is 0.282 e. The summed E-state index contributed by atoms with van der Waals surface area (Å²) in [5, 5.41) is 13.8. The van der Waals surface area contributed by atoms with Gasteiger partial charge in [0, 0.05) is 18.0 Å². The van der Waals surface area contributed by atoms with Gasteiger partial charge in [0.2, 0.25) is 0 Å². The highest BCUT2D eigenvalue weighted by Crippen LogP contribution is 2.26. The molecule has 0 heterocycles. The molecule has 1 aromatic rings. The van der Waals surface area contributed by atoms with Crippen molar-refractivity contribution in [2.75, 3.05) is 5.88 Å². The van der Waals surface area contributed by atoms with Gasteiger partial charge in [-0.3, -0.25) is 14.9 Å². The van der Waals surface area contributed by atoms with Gasteiger partial charge in [-0.05, 0) is 24.8 Å². The van der Waals surface area contributed by atoms with E-state index in [1.807, 2.05) is 0 Å². The zero-order valence-electron chi connectivity index (χ0n) is 11.0. The number of alkyl halides is 1. The second-order valence-corrected chi connectivity index (χ2v) is 5.36. The summed E-state index contributed by atoms with van der Waals surface area (Å²) in [5.74, 6) is 0.360. The van der Waals surface area contributed by atoms with Crippen molar-refractivity contribution in [2.24, 2.45) is 5.92 Å². The second kappa shape index (κ2) is 6.70. The number of nitro groups is 1. The lowest BCUT2D eigenvalue weighted by Gasteiger charge is -2.30. The molecule has 20 heavy (non-hydrogen) atoms.